The number of halogens is 1. The molecule has 1 atom stereocenters. The standard InChI is InChI=1S/C13H13ClN2O3/c1-16-11(18)13(8-17,15-12(16)19)7-6-9-2-4-10(14)5-3-9/h2-5,8H,6-7H2,1H3,(H,15,19)/t13-/m0/s1. The van der Waals surface area contributed by atoms with E-state index in [9.17, 15) is 14.4 Å². The van der Waals surface area contributed by atoms with E-state index in [1.54, 1.807) is 12.1 Å². The smallest absolute Gasteiger partial charge is 0.317 e. The SMILES string of the molecule is CN1C(=O)N[C@](C=O)(CCc2ccc(Cl)cc2)C1=O. The van der Waals surface area contributed by atoms with Gasteiger partial charge in [0, 0.05) is 12.1 Å². The predicted octanol–water partition coefficient (Wildman–Crippen LogP) is 1.39. The van der Waals surface area contributed by atoms with E-state index in [0.717, 1.165) is 10.5 Å². The van der Waals surface area contributed by atoms with Crippen molar-refractivity contribution in [1.29, 1.82) is 0 Å². The van der Waals surface area contributed by atoms with E-state index in [-0.39, 0.29) is 6.42 Å². The van der Waals surface area contributed by atoms with Crippen molar-refractivity contribution in [3.05, 3.63) is 34.9 Å². The Balaban J connectivity index is 2.12. The van der Waals surface area contributed by atoms with Gasteiger partial charge in [0.1, 0.15) is 0 Å². The van der Waals surface area contributed by atoms with Gasteiger partial charge in [-0.25, -0.2) is 4.79 Å². The molecule has 3 amide bonds. The number of urea groups is 1. The Morgan fingerprint density at radius 3 is 2.42 bits per heavy atom. The molecule has 1 aliphatic rings. The number of rotatable bonds is 4. The van der Waals surface area contributed by atoms with Crippen LogP contribution in [-0.2, 0) is 16.0 Å². The molecule has 1 aromatic carbocycles. The second-order valence-corrected chi connectivity index (χ2v) is 4.95. The zero-order valence-corrected chi connectivity index (χ0v) is 11.1. The van der Waals surface area contributed by atoms with Crippen LogP contribution in [0.25, 0.3) is 0 Å². The topological polar surface area (TPSA) is 66.5 Å². The lowest BCUT2D eigenvalue weighted by Gasteiger charge is -2.19. The minimum absolute atomic E-state index is 0.229. The van der Waals surface area contributed by atoms with Crippen LogP contribution in [0.15, 0.2) is 24.3 Å². The fourth-order valence-corrected chi connectivity index (χ4v) is 2.15. The summed E-state index contributed by atoms with van der Waals surface area (Å²) in [6.45, 7) is 0. The van der Waals surface area contributed by atoms with E-state index in [4.69, 9.17) is 11.6 Å². The molecule has 0 bridgehead atoms. The van der Waals surface area contributed by atoms with E-state index >= 15 is 0 Å². The van der Waals surface area contributed by atoms with E-state index in [1.807, 2.05) is 12.1 Å². The van der Waals surface area contributed by atoms with Crippen LogP contribution in [0.4, 0.5) is 4.79 Å². The lowest BCUT2D eigenvalue weighted by molar-refractivity contribution is -0.134. The molecule has 0 spiro atoms. The van der Waals surface area contributed by atoms with Crippen molar-refractivity contribution in [3.8, 4) is 0 Å². The van der Waals surface area contributed by atoms with Gasteiger partial charge < -0.3 is 10.1 Å². The maximum absolute atomic E-state index is 11.9. The van der Waals surface area contributed by atoms with Gasteiger partial charge in [-0.1, -0.05) is 23.7 Å². The number of aryl methyl sites for hydroxylation is 1. The number of benzene rings is 1. The summed E-state index contributed by atoms with van der Waals surface area (Å²) in [6, 6.07) is 6.59. The Morgan fingerprint density at radius 2 is 1.95 bits per heavy atom. The molecule has 0 aliphatic carbocycles. The Kier molecular flexibility index (Phi) is 3.57. The Morgan fingerprint density at radius 1 is 1.32 bits per heavy atom. The summed E-state index contributed by atoms with van der Waals surface area (Å²) in [7, 11) is 1.35. The Labute approximate surface area is 115 Å². The number of amides is 3. The Hall–Kier alpha value is -1.88. The normalized spacial score (nSPS) is 22.5. The maximum atomic E-state index is 11.9. The summed E-state index contributed by atoms with van der Waals surface area (Å²) >= 11 is 5.78. The third-order valence-corrected chi connectivity index (χ3v) is 3.50. The fourth-order valence-electron chi connectivity index (χ4n) is 2.02. The van der Waals surface area contributed by atoms with Gasteiger partial charge in [-0.3, -0.25) is 9.69 Å². The van der Waals surface area contributed by atoms with Crippen LogP contribution in [-0.4, -0.2) is 35.7 Å². The highest BCUT2D eigenvalue weighted by Gasteiger charge is 2.49. The van der Waals surface area contributed by atoms with E-state index in [0.29, 0.717) is 17.7 Å². The van der Waals surface area contributed by atoms with Gasteiger partial charge >= 0.3 is 6.03 Å². The number of aldehydes is 1. The van der Waals surface area contributed by atoms with Gasteiger partial charge in [0.25, 0.3) is 5.91 Å². The van der Waals surface area contributed by atoms with Gasteiger partial charge in [-0.05, 0) is 30.5 Å². The van der Waals surface area contributed by atoms with E-state index < -0.39 is 17.5 Å². The van der Waals surface area contributed by atoms with Crippen LogP contribution in [0.3, 0.4) is 0 Å². The van der Waals surface area contributed by atoms with Gasteiger partial charge in [0.05, 0.1) is 0 Å². The van der Waals surface area contributed by atoms with Crippen LogP contribution in [0.1, 0.15) is 12.0 Å². The second-order valence-electron chi connectivity index (χ2n) is 4.51. The first-order valence-electron chi connectivity index (χ1n) is 5.79. The summed E-state index contributed by atoms with van der Waals surface area (Å²) in [5.74, 6) is -0.513. The average molecular weight is 281 g/mol. The van der Waals surface area contributed by atoms with Crippen LogP contribution in [0, 0.1) is 0 Å². The van der Waals surface area contributed by atoms with Crippen molar-refractivity contribution in [2.45, 2.75) is 18.4 Å². The molecule has 1 aromatic rings. The minimum Gasteiger partial charge on any atom is -0.317 e. The van der Waals surface area contributed by atoms with E-state index in [1.165, 1.54) is 7.05 Å². The molecule has 1 saturated heterocycles. The van der Waals surface area contributed by atoms with Gasteiger partial charge in [0.2, 0.25) is 0 Å². The lowest BCUT2D eigenvalue weighted by atomic mass is 9.93. The van der Waals surface area contributed by atoms with Gasteiger partial charge in [0.15, 0.2) is 11.8 Å². The maximum Gasteiger partial charge on any atom is 0.325 e. The third kappa shape index (κ3) is 2.46. The lowest BCUT2D eigenvalue weighted by Crippen LogP contribution is -2.48. The zero-order chi connectivity index (χ0) is 14.0. The molecular weight excluding hydrogens is 268 g/mol. The molecule has 100 valence electrons. The molecule has 1 aliphatic heterocycles. The molecule has 0 unspecified atom stereocenters. The van der Waals surface area contributed by atoms with Gasteiger partial charge in [-0.15, -0.1) is 0 Å². The molecule has 6 heteroatoms. The highest BCUT2D eigenvalue weighted by molar-refractivity contribution is 6.30. The van der Waals surface area contributed by atoms with Crippen LogP contribution >= 0.6 is 11.6 Å². The third-order valence-electron chi connectivity index (χ3n) is 3.24. The Bertz CT molecular complexity index is 529. The first-order chi connectivity index (χ1) is 8.98. The number of carbonyl (C=O) groups is 3. The van der Waals surface area contributed by atoms with Crippen molar-refractivity contribution in [1.82, 2.24) is 10.2 Å². The minimum atomic E-state index is -1.44. The average Bonchev–Trinajstić information content (AvgIpc) is 2.63. The molecular formula is C13H13ClN2O3. The van der Waals surface area contributed by atoms with Gasteiger partial charge in [-0.2, -0.15) is 0 Å². The number of carbonyl (C=O) groups excluding carboxylic acids is 3. The van der Waals surface area contributed by atoms with Crippen LogP contribution < -0.4 is 5.32 Å². The molecule has 0 radical (unpaired) electrons. The highest BCUT2D eigenvalue weighted by atomic mass is 35.5. The first kappa shape index (κ1) is 13.5. The first-order valence-corrected chi connectivity index (χ1v) is 6.17. The van der Waals surface area contributed by atoms with Crippen LogP contribution in [0.2, 0.25) is 5.02 Å². The molecule has 0 saturated carbocycles. The van der Waals surface area contributed by atoms with Crippen molar-refractivity contribution in [3.63, 3.8) is 0 Å². The number of imide groups is 1. The molecule has 2 rings (SSSR count). The molecule has 1 heterocycles. The monoisotopic (exact) mass is 280 g/mol. The van der Waals surface area contributed by atoms with E-state index in [2.05, 4.69) is 5.32 Å². The summed E-state index contributed by atoms with van der Waals surface area (Å²) < 4.78 is 0. The van der Waals surface area contributed by atoms with Crippen molar-refractivity contribution < 1.29 is 14.4 Å². The second kappa shape index (κ2) is 5.01. The van der Waals surface area contributed by atoms with Crippen molar-refractivity contribution in [2.24, 2.45) is 0 Å². The predicted molar refractivity (Wildman–Crippen MR) is 69.9 cm³/mol. The van der Waals surface area contributed by atoms with Crippen LogP contribution in [0.5, 0.6) is 0 Å². The highest BCUT2D eigenvalue weighted by Crippen LogP contribution is 2.21. The molecule has 1 N–H and O–H groups in total. The zero-order valence-electron chi connectivity index (χ0n) is 10.4. The molecule has 19 heavy (non-hydrogen) atoms. The summed E-state index contributed by atoms with van der Waals surface area (Å²) in [4.78, 5) is 35.5. The number of hydrogen-bond donors (Lipinski definition) is 1. The number of nitrogens with one attached hydrogen (secondary N) is 1. The summed E-state index contributed by atoms with van der Waals surface area (Å²) in [6.07, 6.45) is 1.23. The van der Waals surface area contributed by atoms with Crippen molar-refractivity contribution >= 4 is 29.8 Å². The largest absolute Gasteiger partial charge is 0.325 e. The number of hydrogen-bond acceptors (Lipinski definition) is 3. The molecule has 0 aromatic heterocycles. The summed E-state index contributed by atoms with van der Waals surface area (Å²) in [5, 5.41) is 3.07. The summed E-state index contributed by atoms with van der Waals surface area (Å²) in [5.41, 5.74) is -0.493. The molecule has 5 nitrogen and oxygen atoms in total. The number of likely N-dealkylation sites (N-methyl/N-ethyl adjacent to an activating group) is 1. The number of nitrogens with zero attached hydrogens (tertiary/aromatic N) is 1. The quantitative estimate of drug-likeness (QED) is 0.515. The van der Waals surface area contributed by atoms with Crippen molar-refractivity contribution in [2.75, 3.05) is 7.05 Å². The fraction of sp³-hybridized carbons (Fsp3) is 0.308. The molecule has 1 fully saturated rings.